The van der Waals surface area contributed by atoms with Crippen molar-refractivity contribution < 1.29 is 15.0 Å². The molecule has 1 aromatic heterocycles. The Morgan fingerprint density at radius 2 is 2.33 bits per heavy atom. The maximum atomic E-state index is 10.5. The fourth-order valence-corrected chi connectivity index (χ4v) is 1.41. The molecule has 0 unspecified atom stereocenters. The summed E-state index contributed by atoms with van der Waals surface area (Å²) in [6, 6.07) is 0. The Kier molecular flexibility index (Phi) is 2.45. The van der Waals surface area contributed by atoms with Crippen molar-refractivity contribution in [1.82, 2.24) is 9.78 Å². The molecular weight excluding hydrogens is 201 g/mol. The van der Waals surface area contributed by atoms with Gasteiger partial charge in [0.1, 0.15) is 5.46 Å². The van der Waals surface area contributed by atoms with Gasteiger partial charge in [0.25, 0.3) is 0 Å². The average molecular weight is 211 g/mol. The smallest absolute Gasteiger partial charge is 0.423 e. The van der Waals surface area contributed by atoms with E-state index >= 15 is 0 Å². The number of nitrogens with zero attached hydrogens (tertiary/aromatic N) is 3. The second-order valence-electron chi connectivity index (χ2n) is 3.70. The van der Waals surface area contributed by atoms with Crippen LogP contribution in [-0.2, 0) is 6.54 Å². The van der Waals surface area contributed by atoms with Crippen LogP contribution >= 0.6 is 0 Å². The van der Waals surface area contributed by atoms with Crippen LogP contribution in [0.25, 0.3) is 0 Å². The van der Waals surface area contributed by atoms with E-state index < -0.39 is 17.9 Å². The van der Waals surface area contributed by atoms with Gasteiger partial charge in [0.05, 0.1) is 17.8 Å². The molecular formula is C7H10BN3O4. The molecule has 15 heavy (non-hydrogen) atoms. The average Bonchev–Trinajstić information content (AvgIpc) is 2.81. The van der Waals surface area contributed by atoms with E-state index in [0.29, 0.717) is 12.5 Å². The summed E-state index contributed by atoms with van der Waals surface area (Å²) in [5, 5.41) is 32.1. The number of aromatic nitrogens is 2. The molecule has 0 atom stereocenters. The lowest BCUT2D eigenvalue weighted by Gasteiger charge is -1.92. The first kappa shape index (κ1) is 10.1. The van der Waals surface area contributed by atoms with Crippen molar-refractivity contribution in [2.75, 3.05) is 0 Å². The van der Waals surface area contributed by atoms with Gasteiger partial charge in [-0.05, 0) is 23.7 Å². The third kappa shape index (κ3) is 2.16. The van der Waals surface area contributed by atoms with E-state index in [4.69, 9.17) is 10.0 Å². The van der Waals surface area contributed by atoms with Crippen LogP contribution in [0.1, 0.15) is 12.8 Å². The molecule has 1 aromatic rings. The summed E-state index contributed by atoms with van der Waals surface area (Å²) in [5.41, 5.74) is -0.152. The van der Waals surface area contributed by atoms with Crippen molar-refractivity contribution in [1.29, 1.82) is 0 Å². The summed E-state index contributed by atoms with van der Waals surface area (Å²) in [6.07, 6.45) is 3.52. The van der Waals surface area contributed by atoms with Crippen molar-refractivity contribution in [2.24, 2.45) is 5.92 Å². The first-order valence-electron chi connectivity index (χ1n) is 4.66. The van der Waals surface area contributed by atoms with Crippen LogP contribution in [0, 0.1) is 16.0 Å². The maximum Gasteiger partial charge on any atom is 0.499 e. The van der Waals surface area contributed by atoms with Crippen molar-refractivity contribution in [3.63, 3.8) is 0 Å². The fourth-order valence-electron chi connectivity index (χ4n) is 1.41. The van der Waals surface area contributed by atoms with E-state index in [-0.39, 0.29) is 5.46 Å². The fraction of sp³-hybridized carbons (Fsp3) is 0.571. The molecule has 7 nitrogen and oxygen atoms in total. The molecule has 1 fully saturated rings. The van der Waals surface area contributed by atoms with Crippen LogP contribution in [-0.4, -0.2) is 31.9 Å². The maximum absolute atomic E-state index is 10.5. The van der Waals surface area contributed by atoms with Crippen molar-refractivity contribution in [3.8, 4) is 0 Å². The minimum atomic E-state index is -1.85. The number of hydrogen-bond acceptors (Lipinski definition) is 5. The van der Waals surface area contributed by atoms with Crippen LogP contribution in [0.5, 0.6) is 0 Å². The first-order chi connectivity index (χ1) is 7.08. The van der Waals surface area contributed by atoms with Crippen molar-refractivity contribution in [3.05, 3.63) is 16.3 Å². The van der Waals surface area contributed by atoms with E-state index in [1.54, 1.807) is 0 Å². The lowest BCUT2D eigenvalue weighted by molar-refractivity contribution is -0.388. The molecule has 0 spiro atoms. The minimum absolute atomic E-state index is 0.152. The molecule has 2 N–H and O–H groups in total. The second kappa shape index (κ2) is 3.63. The van der Waals surface area contributed by atoms with Gasteiger partial charge < -0.3 is 20.2 Å². The molecule has 0 radical (unpaired) electrons. The molecule has 1 saturated carbocycles. The molecule has 0 saturated heterocycles. The summed E-state index contributed by atoms with van der Waals surface area (Å²) in [6.45, 7) is 0.605. The Hall–Kier alpha value is -1.41. The molecule has 8 heteroatoms. The Morgan fingerprint density at radius 3 is 2.73 bits per heavy atom. The third-order valence-corrected chi connectivity index (χ3v) is 2.36. The van der Waals surface area contributed by atoms with Gasteiger partial charge in [0.2, 0.25) is 0 Å². The van der Waals surface area contributed by atoms with Gasteiger partial charge >= 0.3 is 12.9 Å². The zero-order valence-corrected chi connectivity index (χ0v) is 7.91. The number of nitro groups is 1. The quantitative estimate of drug-likeness (QED) is 0.373. The Labute approximate surface area is 85.6 Å². The van der Waals surface area contributed by atoms with Gasteiger partial charge in [-0.1, -0.05) is 0 Å². The molecule has 1 aliphatic rings. The highest BCUT2D eigenvalue weighted by molar-refractivity contribution is 6.60. The third-order valence-electron chi connectivity index (χ3n) is 2.36. The van der Waals surface area contributed by atoms with E-state index in [0.717, 1.165) is 12.8 Å². The van der Waals surface area contributed by atoms with E-state index in [9.17, 15) is 10.1 Å². The van der Waals surface area contributed by atoms with E-state index in [1.807, 2.05) is 0 Å². The number of hydrogen-bond donors (Lipinski definition) is 2. The second-order valence-corrected chi connectivity index (χ2v) is 3.70. The van der Waals surface area contributed by atoms with Gasteiger partial charge in [0, 0.05) is 0 Å². The van der Waals surface area contributed by atoms with Gasteiger partial charge in [-0.25, -0.2) is 0 Å². The normalized spacial score (nSPS) is 15.3. The zero-order chi connectivity index (χ0) is 11.0. The van der Waals surface area contributed by atoms with Crippen LogP contribution in [0.4, 0.5) is 5.82 Å². The van der Waals surface area contributed by atoms with Crippen LogP contribution in [0.3, 0.4) is 0 Å². The predicted molar refractivity (Wildman–Crippen MR) is 51.4 cm³/mol. The highest BCUT2D eigenvalue weighted by Crippen LogP contribution is 2.30. The van der Waals surface area contributed by atoms with Crippen molar-refractivity contribution in [2.45, 2.75) is 19.4 Å². The molecule has 0 amide bonds. The zero-order valence-electron chi connectivity index (χ0n) is 7.91. The topological polar surface area (TPSA) is 101 Å². The SMILES string of the molecule is O=[N+]([O-])c1nn(CC2CC2)cc1B(O)O. The Balaban J connectivity index is 2.25. The lowest BCUT2D eigenvalue weighted by atomic mass is 9.82. The largest absolute Gasteiger partial charge is 0.499 e. The molecule has 80 valence electrons. The molecule has 0 aliphatic heterocycles. The Bertz CT molecular complexity index is 388. The van der Waals surface area contributed by atoms with Gasteiger partial charge in [-0.2, -0.15) is 4.68 Å². The standard InChI is InChI=1S/C7H10BN3O4/c12-8(13)6-4-10(3-5-1-2-5)9-7(6)11(14)15/h4-5,12-13H,1-3H2. The lowest BCUT2D eigenvalue weighted by Crippen LogP contribution is -2.30. The van der Waals surface area contributed by atoms with Crippen LogP contribution < -0.4 is 5.46 Å². The summed E-state index contributed by atoms with van der Waals surface area (Å²) in [7, 11) is -1.85. The van der Waals surface area contributed by atoms with Crippen molar-refractivity contribution >= 4 is 18.4 Å². The van der Waals surface area contributed by atoms with Gasteiger partial charge in [0.15, 0.2) is 0 Å². The summed E-state index contributed by atoms with van der Waals surface area (Å²) in [5.74, 6) is 0.0406. The van der Waals surface area contributed by atoms with Gasteiger partial charge in [-0.3, -0.25) is 0 Å². The Morgan fingerprint density at radius 1 is 1.67 bits per heavy atom. The molecule has 1 aliphatic carbocycles. The molecule has 1 heterocycles. The van der Waals surface area contributed by atoms with Crippen LogP contribution in [0.15, 0.2) is 6.20 Å². The molecule has 0 aromatic carbocycles. The first-order valence-corrected chi connectivity index (χ1v) is 4.66. The van der Waals surface area contributed by atoms with E-state index in [1.165, 1.54) is 10.9 Å². The molecule has 0 bridgehead atoms. The highest BCUT2D eigenvalue weighted by Gasteiger charge is 2.31. The summed E-state index contributed by atoms with van der Waals surface area (Å²) >= 11 is 0. The van der Waals surface area contributed by atoms with Crippen LogP contribution in [0.2, 0.25) is 0 Å². The minimum Gasteiger partial charge on any atom is -0.423 e. The van der Waals surface area contributed by atoms with Gasteiger partial charge in [-0.15, -0.1) is 0 Å². The number of rotatable bonds is 4. The van der Waals surface area contributed by atoms with E-state index in [2.05, 4.69) is 5.10 Å². The summed E-state index contributed by atoms with van der Waals surface area (Å²) in [4.78, 5) is 9.84. The monoisotopic (exact) mass is 211 g/mol. The predicted octanol–water partition coefficient (Wildman–Crippen LogP) is -1.12. The summed E-state index contributed by atoms with van der Waals surface area (Å²) < 4.78 is 1.41. The highest BCUT2D eigenvalue weighted by atomic mass is 16.6. The molecule has 2 rings (SSSR count).